The van der Waals surface area contributed by atoms with E-state index in [1.165, 1.54) is 0 Å². The van der Waals surface area contributed by atoms with Crippen LogP contribution in [0.25, 0.3) is 0 Å². The largest absolute Gasteiger partial charge is 0.466 e. The Labute approximate surface area is 161 Å². The molecule has 0 amide bonds. The number of Topliss-reactive ketones (excluding diaryl/α,β-unsaturated/α-hetero) is 2. The van der Waals surface area contributed by atoms with Gasteiger partial charge in [0.15, 0.2) is 0 Å². The molecule has 0 aromatic rings. The van der Waals surface area contributed by atoms with Gasteiger partial charge in [0.05, 0.1) is 6.61 Å². The normalized spacial score (nSPS) is 9.62. The van der Waals surface area contributed by atoms with E-state index in [9.17, 15) is 14.4 Å². The van der Waals surface area contributed by atoms with Crippen molar-refractivity contribution in [1.29, 1.82) is 0 Å². The van der Waals surface area contributed by atoms with Crippen LogP contribution in [0.4, 0.5) is 0 Å². The van der Waals surface area contributed by atoms with E-state index in [2.05, 4.69) is 5.92 Å². The second-order valence-corrected chi connectivity index (χ2v) is 7.06. The minimum Gasteiger partial charge on any atom is -0.466 e. The highest BCUT2D eigenvalue weighted by atomic mass is 16.5. The first-order chi connectivity index (χ1) is 12.0. The third-order valence-corrected chi connectivity index (χ3v) is 3.26. The molecule has 0 saturated carbocycles. The fourth-order valence-electron chi connectivity index (χ4n) is 1.61. The van der Waals surface area contributed by atoms with Crippen LogP contribution in [-0.2, 0) is 19.1 Å². The predicted molar refractivity (Wildman–Crippen MR) is 109 cm³/mol. The summed E-state index contributed by atoms with van der Waals surface area (Å²) in [6.45, 7) is 15.9. The van der Waals surface area contributed by atoms with Crippen molar-refractivity contribution in [2.24, 2.45) is 17.8 Å². The molecule has 4 nitrogen and oxygen atoms in total. The highest BCUT2D eigenvalue weighted by Gasteiger charge is 2.05. The van der Waals surface area contributed by atoms with Crippen LogP contribution in [0, 0.1) is 30.1 Å². The van der Waals surface area contributed by atoms with Gasteiger partial charge in [0.1, 0.15) is 11.6 Å². The Morgan fingerprint density at radius 1 is 0.923 bits per heavy atom. The molecule has 0 radical (unpaired) electrons. The van der Waals surface area contributed by atoms with Crippen LogP contribution < -0.4 is 0 Å². The van der Waals surface area contributed by atoms with Crippen molar-refractivity contribution in [3.8, 4) is 12.3 Å². The lowest BCUT2D eigenvalue weighted by atomic mass is 10.0. The molecule has 0 aromatic heterocycles. The van der Waals surface area contributed by atoms with Gasteiger partial charge in [0.25, 0.3) is 0 Å². The first-order valence-corrected chi connectivity index (χ1v) is 9.67. The molecule has 0 spiro atoms. The van der Waals surface area contributed by atoms with Crippen molar-refractivity contribution in [1.82, 2.24) is 0 Å². The van der Waals surface area contributed by atoms with Crippen molar-refractivity contribution in [2.45, 2.75) is 87.5 Å². The summed E-state index contributed by atoms with van der Waals surface area (Å²) in [4.78, 5) is 32.1. The molecule has 152 valence electrons. The van der Waals surface area contributed by atoms with Crippen molar-refractivity contribution >= 4 is 17.5 Å². The van der Waals surface area contributed by atoms with Gasteiger partial charge in [-0.2, -0.15) is 0 Å². The van der Waals surface area contributed by atoms with Crippen LogP contribution in [0.15, 0.2) is 0 Å². The Kier molecular flexibility index (Phi) is 22.1. The summed E-state index contributed by atoms with van der Waals surface area (Å²) in [6.07, 6.45) is 8.45. The molecule has 0 unspecified atom stereocenters. The fourth-order valence-corrected chi connectivity index (χ4v) is 1.61. The van der Waals surface area contributed by atoms with Gasteiger partial charge in [0, 0.05) is 37.5 Å². The third-order valence-electron chi connectivity index (χ3n) is 3.26. The Balaban J connectivity index is -0.000000310. The standard InChI is InChI=1S/C9H14O.C7H14O2.C6H12O/c1-4-5-6-7-9(10)8(2)3;1-4-9-7(8)5-6(2)3;1-4-6(7)5(2)3/h1,8H,5-7H2,2-3H3;6H,4-5H2,1-3H3;5H,4H2,1-3H3. The van der Waals surface area contributed by atoms with Crippen molar-refractivity contribution in [3.05, 3.63) is 0 Å². The molecule has 0 N–H and O–H groups in total. The second-order valence-electron chi connectivity index (χ2n) is 7.06. The van der Waals surface area contributed by atoms with E-state index >= 15 is 0 Å². The lowest BCUT2D eigenvalue weighted by molar-refractivity contribution is -0.144. The molecule has 0 atom stereocenters. The maximum absolute atomic E-state index is 10.9. The lowest BCUT2D eigenvalue weighted by Crippen LogP contribution is -2.06. The van der Waals surface area contributed by atoms with Gasteiger partial charge < -0.3 is 4.74 Å². The molecule has 0 bridgehead atoms. The number of ketones is 2. The molecule has 26 heavy (non-hydrogen) atoms. The monoisotopic (exact) mass is 368 g/mol. The van der Waals surface area contributed by atoms with E-state index in [1.807, 2.05) is 55.4 Å². The van der Waals surface area contributed by atoms with E-state index in [4.69, 9.17) is 11.2 Å². The molecule has 0 aliphatic rings. The highest BCUT2D eigenvalue weighted by molar-refractivity contribution is 5.80. The summed E-state index contributed by atoms with van der Waals surface area (Å²) in [7, 11) is 0. The number of terminal acetylenes is 1. The Morgan fingerprint density at radius 3 is 1.69 bits per heavy atom. The van der Waals surface area contributed by atoms with Crippen molar-refractivity contribution in [2.75, 3.05) is 6.61 Å². The number of ether oxygens (including phenoxy) is 1. The molecule has 0 aliphatic heterocycles. The zero-order valence-corrected chi connectivity index (χ0v) is 18.2. The molecule has 0 aliphatic carbocycles. The average Bonchev–Trinajstić information content (AvgIpc) is 2.54. The summed E-state index contributed by atoms with van der Waals surface area (Å²) < 4.78 is 4.71. The summed E-state index contributed by atoms with van der Waals surface area (Å²) in [5.74, 6) is 3.88. The van der Waals surface area contributed by atoms with Gasteiger partial charge >= 0.3 is 5.97 Å². The highest BCUT2D eigenvalue weighted by Crippen LogP contribution is 2.03. The lowest BCUT2D eigenvalue weighted by Gasteiger charge is -2.02. The van der Waals surface area contributed by atoms with E-state index in [-0.39, 0.29) is 17.8 Å². The predicted octanol–water partition coefficient (Wildman–Crippen LogP) is 5.23. The van der Waals surface area contributed by atoms with Gasteiger partial charge in [-0.3, -0.25) is 14.4 Å². The molecular formula is C22H40O4. The smallest absolute Gasteiger partial charge is 0.306 e. The fraction of sp³-hybridized carbons (Fsp3) is 0.773. The van der Waals surface area contributed by atoms with E-state index in [0.717, 1.165) is 12.8 Å². The quantitative estimate of drug-likeness (QED) is 0.317. The van der Waals surface area contributed by atoms with Crippen LogP contribution >= 0.6 is 0 Å². The molecule has 0 rings (SSSR count). The molecule has 4 heteroatoms. The SMILES string of the molecule is C#CCCCC(=O)C(C)C.CCC(=O)C(C)C.CCOC(=O)CC(C)C. The maximum atomic E-state index is 10.9. The third kappa shape index (κ3) is 24.6. The minimum atomic E-state index is -0.0903. The first kappa shape index (κ1) is 29.1. The number of rotatable bonds is 9. The zero-order valence-electron chi connectivity index (χ0n) is 18.2. The zero-order chi connectivity index (χ0) is 21.1. The molecule has 0 fully saturated rings. The number of carbonyl (C=O) groups is 3. The minimum absolute atomic E-state index is 0.0903. The molecule has 0 aromatic carbocycles. The van der Waals surface area contributed by atoms with E-state index in [0.29, 0.717) is 43.4 Å². The molecule has 0 heterocycles. The number of carbonyl (C=O) groups excluding carboxylic acids is 3. The van der Waals surface area contributed by atoms with E-state index < -0.39 is 0 Å². The van der Waals surface area contributed by atoms with Gasteiger partial charge in [-0.05, 0) is 19.3 Å². The number of unbranched alkanes of at least 4 members (excludes halogenated alkanes) is 1. The van der Waals surface area contributed by atoms with Crippen LogP contribution in [-0.4, -0.2) is 24.1 Å². The molecular weight excluding hydrogens is 328 g/mol. The Morgan fingerprint density at radius 2 is 1.42 bits per heavy atom. The van der Waals surface area contributed by atoms with Gasteiger partial charge in [-0.1, -0.05) is 48.5 Å². The summed E-state index contributed by atoms with van der Waals surface area (Å²) >= 11 is 0. The van der Waals surface area contributed by atoms with Crippen LogP contribution in [0.5, 0.6) is 0 Å². The summed E-state index contributed by atoms with van der Waals surface area (Å²) in [5, 5.41) is 0. The van der Waals surface area contributed by atoms with Crippen LogP contribution in [0.2, 0.25) is 0 Å². The number of esters is 1. The average molecular weight is 369 g/mol. The van der Waals surface area contributed by atoms with Crippen molar-refractivity contribution < 1.29 is 19.1 Å². The summed E-state index contributed by atoms with van der Waals surface area (Å²) in [6, 6.07) is 0. The number of hydrogen-bond donors (Lipinski definition) is 0. The van der Waals surface area contributed by atoms with E-state index in [1.54, 1.807) is 0 Å². The number of hydrogen-bond acceptors (Lipinski definition) is 4. The maximum Gasteiger partial charge on any atom is 0.306 e. The van der Waals surface area contributed by atoms with Crippen molar-refractivity contribution in [3.63, 3.8) is 0 Å². The summed E-state index contributed by atoms with van der Waals surface area (Å²) in [5.41, 5.74) is 0. The Hall–Kier alpha value is -1.63. The van der Waals surface area contributed by atoms with Gasteiger partial charge in [-0.15, -0.1) is 12.3 Å². The topological polar surface area (TPSA) is 60.4 Å². The van der Waals surface area contributed by atoms with Gasteiger partial charge in [0.2, 0.25) is 0 Å². The first-order valence-electron chi connectivity index (χ1n) is 9.67. The van der Waals surface area contributed by atoms with Gasteiger partial charge in [-0.25, -0.2) is 0 Å². The van der Waals surface area contributed by atoms with Crippen LogP contribution in [0.3, 0.4) is 0 Å². The second kappa shape index (κ2) is 19.7. The molecule has 0 saturated heterocycles. The van der Waals surface area contributed by atoms with Crippen LogP contribution in [0.1, 0.15) is 87.5 Å². The Bertz CT molecular complexity index is 414.